The van der Waals surface area contributed by atoms with Gasteiger partial charge >= 0.3 is 0 Å². The monoisotopic (exact) mass is 362 g/mol. The number of carbonyl (C=O) groups is 1. The largest absolute Gasteiger partial charge is 0.481 e. The van der Waals surface area contributed by atoms with E-state index in [1.165, 1.54) is 29.5 Å². The summed E-state index contributed by atoms with van der Waals surface area (Å²) in [5.41, 5.74) is 0. The highest BCUT2D eigenvalue weighted by molar-refractivity contribution is 9.10. The molecule has 0 saturated carbocycles. The minimum absolute atomic E-state index is 0.187. The van der Waals surface area contributed by atoms with Crippen LogP contribution < -0.4 is 4.74 Å². The number of Topliss-reactive ketones (excluding diaryl/α,β-unsaturated/α-hetero) is 1. The number of benzene rings is 1. The topological polar surface area (TPSA) is 26.3 Å². The van der Waals surface area contributed by atoms with E-state index in [0.717, 1.165) is 0 Å². The molecule has 19 heavy (non-hydrogen) atoms. The van der Waals surface area contributed by atoms with Crippen molar-refractivity contribution in [2.75, 3.05) is 0 Å². The second-order valence-electron chi connectivity index (χ2n) is 3.80. The maximum Gasteiger partial charge on any atom is 0.212 e. The Morgan fingerprint density at radius 1 is 1.42 bits per heavy atom. The second-order valence-corrected chi connectivity index (χ2v) is 6.37. The number of hydrogen-bond acceptors (Lipinski definition) is 3. The van der Waals surface area contributed by atoms with E-state index in [-0.39, 0.29) is 5.78 Å². The molecule has 1 heterocycles. The van der Waals surface area contributed by atoms with Gasteiger partial charge in [-0.05, 0) is 47.1 Å². The lowest BCUT2D eigenvalue weighted by molar-refractivity contribution is 0.0821. The van der Waals surface area contributed by atoms with Gasteiger partial charge in [-0.25, -0.2) is 4.39 Å². The van der Waals surface area contributed by atoms with E-state index in [2.05, 4.69) is 15.9 Å². The molecule has 1 aromatic carbocycles. The van der Waals surface area contributed by atoms with Gasteiger partial charge in [-0.3, -0.25) is 4.79 Å². The first kappa shape index (κ1) is 14.5. The van der Waals surface area contributed by atoms with Crippen LogP contribution in [0.3, 0.4) is 0 Å². The van der Waals surface area contributed by atoms with Crippen molar-refractivity contribution in [3.63, 3.8) is 0 Å². The van der Waals surface area contributed by atoms with Gasteiger partial charge in [0.1, 0.15) is 11.6 Å². The second kappa shape index (κ2) is 6.03. The standard InChI is InChI=1S/C13H9BrClFO2S/c1-7(13(17)11-4-5-12(15)19-11)18-10-6-8(16)2-3-9(10)14/h2-7H,1H3. The molecular weight excluding hydrogens is 355 g/mol. The van der Waals surface area contributed by atoms with Crippen LogP contribution in [0.2, 0.25) is 4.34 Å². The van der Waals surface area contributed by atoms with E-state index in [1.807, 2.05) is 0 Å². The Morgan fingerprint density at radius 3 is 2.79 bits per heavy atom. The third-order valence-corrected chi connectivity index (χ3v) is 4.28. The summed E-state index contributed by atoms with van der Waals surface area (Å²) in [4.78, 5) is 12.6. The van der Waals surface area contributed by atoms with Gasteiger partial charge in [0.05, 0.1) is 13.7 Å². The number of halogens is 3. The summed E-state index contributed by atoms with van der Waals surface area (Å²) in [7, 11) is 0. The fourth-order valence-corrected chi connectivity index (χ4v) is 2.86. The Bertz CT molecular complexity index is 614. The molecule has 0 bridgehead atoms. The van der Waals surface area contributed by atoms with Gasteiger partial charge in [-0.1, -0.05) is 11.6 Å². The Labute approximate surface area is 127 Å². The van der Waals surface area contributed by atoms with Crippen molar-refractivity contribution in [3.05, 3.63) is 49.8 Å². The van der Waals surface area contributed by atoms with Crippen molar-refractivity contribution in [3.8, 4) is 5.75 Å². The Morgan fingerprint density at radius 2 is 2.16 bits per heavy atom. The summed E-state index contributed by atoms with van der Waals surface area (Å²) >= 11 is 10.2. The smallest absolute Gasteiger partial charge is 0.212 e. The number of thiophene rings is 1. The van der Waals surface area contributed by atoms with Crippen LogP contribution in [0.4, 0.5) is 4.39 Å². The number of ether oxygens (including phenoxy) is 1. The Kier molecular flexibility index (Phi) is 4.60. The summed E-state index contributed by atoms with van der Waals surface area (Å²) in [5, 5.41) is 0. The molecule has 0 aliphatic heterocycles. The van der Waals surface area contributed by atoms with E-state index in [1.54, 1.807) is 19.1 Å². The summed E-state index contributed by atoms with van der Waals surface area (Å²) in [6.45, 7) is 1.62. The van der Waals surface area contributed by atoms with Crippen LogP contribution in [0.25, 0.3) is 0 Å². The molecule has 1 unspecified atom stereocenters. The van der Waals surface area contributed by atoms with Crippen LogP contribution in [0.1, 0.15) is 16.6 Å². The molecule has 1 atom stereocenters. The maximum atomic E-state index is 13.1. The van der Waals surface area contributed by atoms with Crippen LogP contribution in [0.5, 0.6) is 5.75 Å². The first-order chi connectivity index (χ1) is 8.97. The lowest BCUT2D eigenvalue weighted by Crippen LogP contribution is -2.23. The Balaban J connectivity index is 2.14. The molecule has 0 amide bonds. The minimum atomic E-state index is -0.715. The number of carbonyl (C=O) groups excluding carboxylic acids is 1. The van der Waals surface area contributed by atoms with E-state index in [4.69, 9.17) is 16.3 Å². The van der Waals surface area contributed by atoms with Crippen molar-refractivity contribution >= 4 is 44.7 Å². The van der Waals surface area contributed by atoms with Gasteiger partial charge in [0.25, 0.3) is 0 Å². The zero-order chi connectivity index (χ0) is 14.0. The molecule has 2 rings (SSSR count). The SMILES string of the molecule is CC(Oc1cc(F)ccc1Br)C(=O)c1ccc(Cl)s1. The van der Waals surface area contributed by atoms with E-state index < -0.39 is 11.9 Å². The summed E-state index contributed by atoms with van der Waals surface area (Å²) in [6.07, 6.45) is -0.715. The van der Waals surface area contributed by atoms with Crippen LogP contribution in [-0.2, 0) is 0 Å². The molecule has 0 radical (unpaired) electrons. The van der Waals surface area contributed by atoms with Crippen LogP contribution in [0, 0.1) is 5.82 Å². The van der Waals surface area contributed by atoms with Gasteiger partial charge in [0, 0.05) is 6.07 Å². The van der Waals surface area contributed by atoms with E-state index in [9.17, 15) is 9.18 Å². The zero-order valence-corrected chi connectivity index (χ0v) is 13.0. The van der Waals surface area contributed by atoms with Crippen LogP contribution in [-0.4, -0.2) is 11.9 Å². The molecule has 0 aliphatic carbocycles. The first-order valence-corrected chi connectivity index (χ1v) is 7.37. The van der Waals surface area contributed by atoms with Crippen molar-refractivity contribution in [2.24, 2.45) is 0 Å². The number of hydrogen-bond donors (Lipinski definition) is 0. The average Bonchev–Trinajstić information content (AvgIpc) is 2.79. The predicted octanol–water partition coefficient (Wildman–Crippen LogP) is 4.95. The molecule has 100 valence electrons. The fraction of sp³-hybridized carbons (Fsp3) is 0.154. The highest BCUT2D eigenvalue weighted by Crippen LogP contribution is 2.28. The zero-order valence-electron chi connectivity index (χ0n) is 9.82. The predicted molar refractivity (Wildman–Crippen MR) is 77.8 cm³/mol. The summed E-state index contributed by atoms with van der Waals surface area (Å²) < 4.78 is 19.7. The highest BCUT2D eigenvalue weighted by Gasteiger charge is 2.19. The van der Waals surface area contributed by atoms with Crippen LogP contribution in [0.15, 0.2) is 34.8 Å². The van der Waals surface area contributed by atoms with Crippen molar-refractivity contribution < 1.29 is 13.9 Å². The summed E-state index contributed by atoms with van der Waals surface area (Å²) in [6, 6.07) is 7.38. The molecule has 6 heteroatoms. The minimum Gasteiger partial charge on any atom is -0.481 e. The highest BCUT2D eigenvalue weighted by atomic mass is 79.9. The third-order valence-electron chi connectivity index (χ3n) is 2.38. The molecule has 1 aromatic heterocycles. The van der Waals surface area contributed by atoms with E-state index >= 15 is 0 Å². The normalized spacial score (nSPS) is 12.2. The molecule has 2 nitrogen and oxygen atoms in total. The van der Waals surface area contributed by atoms with Gasteiger partial charge in [-0.15, -0.1) is 11.3 Å². The molecule has 0 saturated heterocycles. The molecule has 0 fully saturated rings. The van der Waals surface area contributed by atoms with Crippen LogP contribution >= 0.6 is 38.9 Å². The molecule has 0 N–H and O–H groups in total. The Hall–Kier alpha value is -0.910. The molecule has 0 spiro atoms. The van der Waals surface area contributed by atoms with Crippen molar-refractivity contribution in [1.82, 2.24) is 0 Å². The lowest BCUT2D eigenvalue weighted by Gasteiger charge is -2.14. The molecular formula is C13H9BrClFO2S. The first-order valence-electron chi connectivity index (χ1n) is 5.38. The van der Waals surface area contributed by atoms with E-state index in [0.29, 0.717) is 19.4 Å². The fourth-order valence-electron chi connectivity index (χ4n) is 1.46. The van der Waals surface area contributed by atoms with Gasteiger partial charge in [-0.2, -0.15) is 0 Å². The molecule has 2 aromatic rings. The maximum absolute atomic E-state index is 13.1. The molecule has 0 aliphatic rings. The van der Waals surface area contributed by atoms with Crippen molar-refractivity contribution in [1.29, 1.82) is 0 Å². The summed E-state index contributed by atoms with van der Waals surface area (Å²) in [5.74, 6) is -0.311. The number of rotatable bonds is 4. The van der Waals surface area contributed by atoms with Gasteiger partial charge < -0.3 is 4.74 Å². The average molecular weight is 364 g/mol. The quantitative estimate of drug-likeness (QED) is 0.718. The lowest BCUT2D eigenvalue weighted by atomic mass is 10.2. The van der Waals surface area contributed by atoms with Gasteiger partial charge in [0.2, 0.25) is 5.78 Å². The van der Waals surface area contributed by atoms with Crippen molar-refractivity contribution in [2.45, 2.75) is 13.0 Å². The number of ketones is 1. The van der Waals surface area contributed by atoms with Gasteiger partial charge in [0.15, 0.2) is 6.10 Å². The third kappa shape index (κ3) is 3.55.